The highest BCUT2D eigenvalue weighted by molar-refractivity contribution is 7.68. The Morgan fingerprint density at radius 1 is 1.05 bits per heavy atom. The summed E-state index contributed by atoms with van der Waals surface area (Å²) in [6, 6.07) is 9.15. The fourth-order valence-corrected chi connectivity index (χ4v) is 4.05. The van der Waals surface area contributed by atoms with Crippen molar-refractivity contribution in [3.8, 4) is 0 Å². The molecule has 0 aliphatic rings. The fraction of sp³-hybridized carbons (Fsp3) is 0.250. The summed E-state index contributed by atoms with van der Waals surface area (Å²) < 4.78 is 11.5. The van der Waals surface area contributed by atoms with Crippen molar-refractivity contribution in [2.75, 3.05) is 0 Å². The molecule has 0 N–H and O–H groups in total. The topological polar surface area (TPSA) is 26.3 Å². The first kappa shape index (κ1) is 16.1. The Morgan fingerprint density at radius 2 is 1.77 bits per heavy atom. The summed E-state index contributed by atoms with van der Waals surface area (Å²) in [6.07, 6.45) is 3.00. The molecule has 0 saturated heterocycles. The molecule has 2 aromatic carbocycles. The molecule has 0 saturated carbocycles. The molecule has 1 atom stereocenters. The predicted octanol–water partition coefficient (Wildman–Crippen LogP) is 7.94. The third-order valence-electron chi connectivity index (χ3n) is 3.55. The van der Waals surface area contributed by atoms with Crippen LogP contribution in [0.15, 0.2) is 38.7 Å². The molecule has 1 heterocycles. The molecule has 0 bridgehead atoms. The molecule has 0 spiro atoms. The molecule has 6 heteroatoms. The number of rotatable bonds is 3. The lowest BCUT2D eigenvalue weighted by molar-refractivity contribution is 0.656. The SMILES string of the molecule is CCCCc1c(Cl)ccc2op(Cl)oc3ccc(Cl)cc3c12. The van der Waals surface area contributed by atoms with Crippen molar-refractivity contribution in [1.29, 1.82) is 0 Å². The Balaban J connectivity index is 2.50. The van der Waals surface area contributed by atoms with E-state index in [1.165, 1.54) is 0 Å². The van der Waals surface area contributed by atoms with E-state index in [1.807, 2.05) is 24.3 Å². The van der Waals surface area contributed by atoms with Crippen LogP contribution in [0.3, 0.4) is 0 Å². The first-order valence-corrected chi connectivity index (χ1v) is 9.87. The molecule has 1 aromatic heterocycles. The van der Waals surface area contributed by atoms with Gasteiger partial charge in [0.2, 0.25) is 0 Å². The average Bonchev–Trinajstić information content (AvgIpc) is 2.62. The molecule has 1 unspecified atom stereocenters. The standard InChI is InChI=1S/C16H14Cl3O2P/c1-2-3-4-11-13(18)6-8-15-16(11)12-9-10(17)5-7-14(12)20-22(19)21-15/h5-9H,2-4H2,1H3. The van der Waals surface area contributed by atoms with Crippen LogP contribution in [0.2, 0.25) is 10.0 Å². The summed E-state index contributed by atoms with van der Waals surface area (Å²) >= 11 is 18.8. The van der Waals surface area contributed by atoms with Crippen molar-refractivity contribution in [1.82, 2.24) is 0 Å². The van der Waals surface area contributed by atoms with Gasteiger partial charge in [0.25, 0.3) is 0 Å². The highest BCUT2D eigenvalue weighted by Gasteiger charge is 2.13. The zero-order chi connectivity index (χ0) is 15.7. The molecule has 0 aliphatic carbocycles. The molecular formula is C16H14Cl3O2P. The number of hydrogen-bond acceptors (Lipinski definition) is 2. The zero-order valence-electron chi connectivity index (χ0n) is 11.9. The quantitative estimate of drug-likeness (QED) is 0.464. The van der Waals surface area contributed by atoms with Gasteiger partial charge in [0.05, 0.1) is 0 Å². The lowest BCUT2D eigenvalue weighted by Gasteiger charge is -2.07. The summed E-state index contributed by atoms with van der Waals surface area (Å²) in [5.74, 6) is 0. The molecule has 116 valence electrons. The van der Waals surface area contributed by atoms with Gasteiger partial charge in [-0.25, -0.2) is 0 Å². The summed E-state index contributed by atoms with van der Waals surface area (Å²) in [7, 11) is -1.55. The third-order valence-corrected chi connectivity index (χ3v) is 5.23. The van der Waals surface area contributed by atoms with Gasteiger partial charge >= 0.3 is 7.37 Å². The first-order valence-electron chi connectivity index (χ1n) is 7.03. The molecule has 0 aliphatic heterocycles. The fourth-order valence-electron chi connectivity index (χ4n) is 2.52. The number of halogens is 3. The minimum absolute atomic E-state index is 0.635. The lowest BCUT2D eigenvalue weighted by atomic mass is 10.0. The van der Waals surface area contributed by atoms with Crippen molar-refractivity contribution < 1.29 is 8.39 Å². The van der Waals surface area contributed by atoms with Crippen LogP contribution in [0.1, 0.15) is 25.3 Å². The van der Waals surface area contributed by atoms with Gasteiger partial charge < -0.3 is 8.39 Å². The van der Waals surface area contributed by atoms with Gasteiger partial charge in [0, 0.05) is 32.1 Å². The molecule has 0 amide bonds. The second-order valence-electron chi connectivity index (χ2n) is 5.04. The smallest absolute Gasteiger partial charge is 0.327 e. The first-order chi connectivity index (χ1) is 10.6. The molecule has 2 nitrogen and oxygen atoms in total. The molecule has 3 aromatic rings. The van der Waals surface area contributed by atoms with Gasteiger partial charge in [-0.05, 0) is 48.7 Å². The zero-order valence-corrected chi connectivity index (χ0v) is 15.1. The number of benzene rings is 2. The second-order valence-corrected chi connectivity index (χ2v) is 7.50. The van der Waals surface area contributed by atoms with Gasteiger partial charge in [-0.2, -0.15) is 0 Å². The third kappa shape index (κ3) is 3.12. The van der Waals surface area contributed by atoms with E-state index in [2.05, 4.69) is 6.92 Å². The summed E-state index contributed by atoms with van der Waals surface area (Å²) in [4.78, 5) is 0. The number of unbranched alkanes of at least 4 members (excludes halogenated alkanes) is 1. The van der Waals surface area contributed by atoms with Crippen molar-refractivity contribution in [2.45, 2.75) is 26.2 Å². The van der Waals surface area contributed by atoms with Crippen LogP contribution >= 0.6 is 41.8 Å². The van der Waals surface area contributed by atoms with E-state index < -0.39 is 7.37 Å². The number of hydrogen-bond donors (Lipinski definition) is 0. The van der Waals surface area contributed by atoms with Gasteiger partial charge in [-0.15, -0.1) is 0 Å². The Labute approximate surface area is 144 Å². The Hall–Kier alpha value is -0.790. The predicted molar refractivity (Wildman–Crippen MR) is 96.2 cm³/mol. The van der Waals surface area contributed by atoms with Crippen LogP contribution in [0.5, 0.6) is 0 Å². The average molecular weight is 376 g/mol. The molecule has 0 fully saturated rings. The van der Waals surface area contributed by atoms with E-state index >= 15 is 0 Å². The number of aryl methyl sites for hydroxylation is 1. The van der Waals surface area contributed by atoms with Gasteiger partial charge in [-0.3, -0.25) is 0 Å². The highest BCUT2D eigenvalue weighted by atomic mass is 35.7. The Morgan fingerprint density at radius 3 is 2.55 bits per heavy atom. The second kappa shape index (κ2) is 6.76. The highest BCUT2D eigenvalue weighted by Crippen LogP contribution is 2.41. The van der Waals surface area contributed by atoms with E-state index in [-0.39, 0.29) is 0 Å². The van der Waals surface area contributed by atoms with E-state index in [4.69, 9.17) is 42.8 Å². The lowest BCUT2D eigenvalue weighted by Crippen LogP contribution is -1.89. The maximum Gasteiger partial charge on any atom is 0.327 e. The Bertz CT molecular complexity index is 874. The van der Waals surface area contributed by atoms with Gasteiger partial charge in [0.1, 0.15) is 11.2 Å². The normalized spacial score (nSPS) is 12.1. The van der Waals surface area contributed by atoms with Crippen LogP contribution in [0.25, 0.3) is 21.9 Å². The van der Waals surface area contributed by atoms with E-state index in [0.717, 1.165) is 40.6 Å². The maximum atomic E-state index is 6.44. The van der Waals surface area contributed by atoms with Crippen molar-refractivity contribution in [3.05, 3.63) is 45.9 Å². The maximum absolute atomic E-state index is 6.44. The molecule has 3 rings (SSSR count). The Kier molecular flexibility index (Phi) is 4.94. The van der Waals surface area contributed by atoms with Crippen LogP contribution < -0.4 is 0 Å². The summed E-state index contributed by atoms with van der Waals surface area (Å²) in [5, 5.41) is 3.17. The minimum atomic E-state index is -1.55. The molecule has 0 radical (unpaired) electrons. The van der Waals surface area contributed by atoms with Crippen molar-refractivity contribution in [3.63, 3.8) is 0 Å². The molecular weight excluding hydrogens is 362 g/mol. The van der Waals surface area contributed by atoms with E-state index in [0.29, 0.717) is 16.2 Å². The van der Waals surface area contributed by atoms with Gasteiger partial charge in [-0.1, -0.05) is 36.5 Å². The van der Waals surface area contributed by atoms with Gasteiger partial charge in [0.15, 0.2) is 0 Å². The largest absolute Gasteiger partial charge is 0.408 e. The van der Waals surface area contributed by atoms with Crippen LogP contribution in [0.4, 0.5) is 0 Å². The summed E-state index contributed by atoms with van der Waals surface area (Å²) in [6.45, 7) is 2.15. The van der Waals surface area contributed by atoms with Crippen molar-refractivity contribution >= 4 is 63.7 Å². The van der Waals surface area contributed by atoms with E-state index in [1.54, 1.807) is 6.07 Å². The summed E-state index contributed by atoms with van der Waals surface area (Å²) in [5.41, 5.74) is 2.41. The number of fused-ring (bicyclic) bond motifs is 3. The van der Waals surface area contributed by atoms with Crippen molar-refractivity contribution in [2.24, 2.45) is 0 Å². The monoisotopic (exact) mass is 374 g/mol. The minimum Gasteiger partial charge on any atom is -0.408 e. The molecule has 22 heavy (non-hydrogen) atoms. The van der Waals surface area contributed by atoms with Crippen LogP contribution in [-0.2, 0) is 6.42 Å². The van der Waals surface area contributed by atoms with E-state index in [9.17, 15) is 0 Å². The van der Waals surface area contributed by atoms with Crippen LogP contribution in [0, 0.1) is 0 Å². The van der Waals surface area contributed by atoms with Crippen LogP contribution in [-0.4, -0.2) is 0 Å².